The highest BCUT2D eigenvalue weighted by Crippen LogP contribution is 2.32. The number of hydrogen-bond donors (Lipinski definition) is 0. The van der Waals surface area contributed by atoms with Crippen LogP contribution in [0.4, 0.5) is 5.69 Å². The van der Waals surface area contributed by atoms with Crippen molar-refractivity contribution in [2.75, 3.05) is 24.6 Å². The summed E-state index contributed by atoms with van der Waals surface area (Å²) in [5.41, 5.74) is 1.23. The second kappa shape index (κ2) is 14.3. The first-order chi connectivity index (χ1) is 19.1. The Bertz CT molecular complexity index is 1380. The van der Waals surface area contributed by atoms with Gasteiger partial charge in [0.2, 0.25) is 0 Å². The van der Waals surface area contributed by atoms with Gasteiger partial charge in [0, 0.05) is 43.0 Å². The molecule has 3 rings (SSSR count). The third kappa shape index (κ3) is 7.63. The van der Waals surface area contributed by atoms with Crippen LogP contribution in [-0.4, -0.2) is 50.9 Å². The Labute approximate surface area is 241 Å². The summed E-state index contributed by atoms with van der Waals surface area (Å²) in [6.07, 6.45) is 1.51. The molecule has 0 N–H and O–H groups in total. The molecular formula is C30H38N2O6S2. The van der Waals surface area contributed by atoms with Crippen LogP contribution in [0.3, 0.4) is 0 Å². The molecule has 2 aromatic carbocycles. The second-order valence-electron chi connectivity index (χ2n) is 9.49. The number of esters is 1. The Morgan fingerprint density at radius 2 is 1.70 bits per heavy atom. The Hall–Kier alpha value is -3.37. The summed E-state index contributed by atoms with van der Waals surface area (Å²) in [6, 6.07) is 14.7. The number of benzene rings is 2. The van der Waals surface area contributed by atoms with Crippen LogP contribution in [0.1, 0.15) is 73.1 Å². The summed E-state index contributed by atoms with van der Waals surface area (Å²) in [4.78, 5) is 30.1. The Morgan fingerprint density at radius 3 is 2.33 bits per heavy atom. The number of amides is 1. The van der Waals surface area contributed by atoms with E-state index in [9.17, 15) is 18.0 Å². The quantitative estimate of drug-likeness (QED) is 0.123. The lowest BCUT2D eigenvalue weighted by Gasteiger charge is -2.28. The van der Waals surface area contributed by atoms with Gasteiger partial charge >= 0.3 is 16.1 Å². The van der Waals surface area contributed by atoms with Crippen LogP contribution in [0.2, 0.25) is 0 Å². The van der Waals surface area contributed by atoms with Crippen molar-refractivity contribution in [2.24, 2.45) is 0 Å². The van der Waals surface area contributed by atoms with Gasteiger partial charge in [-0.05, 0) is 63.8 Å². The fourth-order valence-electron chi connectivity index (χ4n) is 4.15. The highest BCUT2D eigenvalue weighted by atomic mass is 32.2. The van der Waals surface area contributed by atoms with Crippen LogP contribution in [0, 0.1) is 0 Å². The Balaban J connectivity index is 2.03. The van der Waals surface area contributed by atoms with E-state index >= 15 is 0 Å². The minimum Gasteiger partial charge on any atom is -0.462 e. The first-order valence-corrected chi connectivity index (χ1v) is 15.8. The fraction of sp³-hybridized carbons (Fsp3) is 0.400. The van der Waals surface area contributed by atoms with Crippen LogP contribution >= 0.6 is 11.3 Å². The van der Waals surface area contributed by atoms with Crippen molar-refractivity contribution in [1.82, 2.24) is 4.90 Å². The number of nitrogens with zero attached hydrogens (tertiary/aromatic N) is 2. The molecule has 0 radical (unpaired) electrons. The number of rotatable bonds is 14. The molecule has 0 aliphatic rings. The summed E-state index contributed by atoms with van der Waals surface area (Å²) < 4.78 is 38.4. The lowest BCUT2D eigenvalue weighted by Crippen LogP contribution is -2.36. The van der Waals surface area contributed by atoms with Crippen molar-refractivity contribution in [2.45, 2.75) is 64.9 Å². The highest BCUT2D eigenvalue weighted by Gasteiger charge is 2.28. The van der Waals surface area contributed by atoms with Gasteiger partial charge in [-0.25, -0.2) is 4.79 Å². The maximum atomic E-state index is 13.6. The summed E-state index contributed by atoms with van der Waals surface area (Å²) in [5.74, 6) is -0.768. The van der Waals surface area contributed by atoms with Crippen LogP contribution in [0.5, 0.6) is 5.75 Å². The van der Waals surface area contributed by atoms with E-state index in [-0.39, 0.29) is 41.3 Å². The van der Waals surface area contributed by atoms with Gasteiger partial charge in [0.15, 0.2) is 0 Å². The number of ether oxygens (including phenoxy) is 1. The van der Waals surface area contributed by atoms with Gasteiger partial charge in [0.25, 0.3) is 5.91 Å². The third-order valence-corrected chi connectivity index (χ3v) is 8.59. The average molecular weight is 587 g/mol. The van der Waals surface area contributed by atoms with Crippen LogP contribution in [-0.2, 0) is 21.4 Å². The monoisotopic (exact) mass is 586 g/mol. The zero-order chi connectivity index (χ0) is 29.3. The molecule has 1 amide bonds. The maximum absolute atomic E-state index is 13.6. The molecule has 0 aliphatic heterocycles. The van der Waals surface area contributed by atoms with Crippen LogP contribution in [0.25, 0.3) is 0 Å². The maximum Gasteiger partial charge on any atom is 0.340 e. The number of anilines is 1. The average Bonchev–Trinajstić information content (AvgIpc) is 3.48. The molecule has 1 aromatic heterocycles. The number of unbranched alkanes of at least 4 members (excludes halogenated alkanes) is 1. The van der Waals surface area contributed by atoms with Crippen molar-refractivity contribution in [3.63, 3.8) is 0 Å². The lowest BCUT2D eigenvalue weighted by molar-refractivity contribution is 0.0494. The molecule has 0 atom stereocenters. The Morgan fingerprint density at radius 1 is 0.975 bits per heavy atom. The molecule has 8 nitrogen and oxygen atoms in total. The summed E-state index contributed by atoms with van der Waals surface area (Å²) in [7, 11) is -4.44. The van der Waals surface area contributed by atoms with Crippen molar-refractivity contribution in [3.8, 4) is 5.75 Å². The topological polar surface area (TPSA) is 93.2 Å². The number of thiophene rings is 1. The predicted octanol–water partition coefficient (Wildman–Crippen LogP) is 6.37. The molecule has 1 heterocycles. The van der Waals surface area contributed by atoms with E-state index in [1.807, 2.05) is 52.1 Å². The molecule has 0 saturated heterocycles. The molecule has 0 unspecified atom stereocenters. The molecule has 3 aromatic rings. The van der Waals surface area contributed by atoms with Crippen LogP contribution in [0.15, 0.2) is 64.9 Å². The van der Waals surface area contributed by atoms with E-state index in [0.29, 0.717) is 30.0 Å². The zero-order valence-corrected chi connectivity index (χ0v) is 25.4. The molecule has 10 heteroatoms. The summed E-state index contributed by atoms with van der Waals surface area (Å²) >= 11 is 1.35. The first-order valence-electron chi connectivity index (χ1n) is 13.6. The molecule has 0 spiro atoms. The van der Waals surface area contributed by atoms with E-state index in [1.165, 1.54) is 29.5 Å². The van der Waals surface area contributed by atoms with Gasteiger partial charge in [-0.1, -0.05) is 37.6 Å². The van der Waals surface area contributed by atoms with Crippen molar-refractivity contribution >= 4 is 39.0 Å². The molecule has 0 aliphatic carbocycles. The van der Waals surface area contributed by atoms with E-state index in [0.717, 1.165) is 12.1 Å². The first kappa shape index (κ1) is 31.2. The lowest BCUT2D eigenvalue weighted by atomic mass is 10.1. The van der Waals surface area contributed by atoms with Crippen LogP contribution < -0.4 is 9.08 Å². The van der Waals surface area contributed by atoms with Gasteiger partial charge in [0.1, 0.15) is 10.6 Å². The Kier molecular flexibility index (Phi) is 11.2. The standard InChI is InChI=1S/C30H38N2O6S2/c1-6-9-18-37-30(34)25-13-10-11-15-28(25)40(35,36)38-26-20-24(31(7-2)8-3)17-16-23(26)21-32(22(4)5)29(33)27-14-12-19-39-27/h10-17,19-20,22H,6-9,18,21H2,1-5H3. The highest BCUT2D eigenvalue weighted by molar-refractivity contribution is 7.87. The van der Waals surface area contributed by atoms with Gasteiger partial charge in [-0.3, -0.25) is 4.79 Å². The van der Waals surface area contributed by atoms with Gasteiger partial charge in [-0.2, -0.15) is 8.42 Å². The SMILES string of the molecule is CCCCOC(=O)c1ccccc1S(=O)(=O)Oc1cc(N(CC)CC)ccc1CN(C(=O)c1cccs1)C(C)C. The second-order valence-corrected chi connectivity index (χ2v) is 12.0. The zero-order valence-electron chi connectivity index (χ0n) is 23.8. The predicted molar refractivity (Wildman–Crippen MR) is 159 cm³/mol. The minimum atomic E-state index is -4.44. The molecule has 0 saturated carbocycles. The fourth-order valence-corrected chi connectivity index (χ4v) is 5.98. The number of carbonyl (C=O) groups is 2. The smallest absolute Gasteiger partial charge is 0.340 e. The van der Waals surface area contributed by atoms with Gasteiger partial charge in [0.05, 0.1) is 17.0 Å². The normalized spacial score (nSPS) is 11.3. The van der Waals surface area contributed by atoms with E-state index in [4.69, 9.17) is 8.92 Å². The molecule has 0 fully saturated rings. The van der Waals surface area contributed by atoms with Crippen molar-refractivity contribution < 1.29 is 26.9 Å². The van der Waals surface area contributed by atoms with Gasteiger partial charge in [-0.15, -0.1) is 11.3 Å². The molecule has 0 bridgehead atoms. The summed E-state index contributed by atoms with van der Waals surface area (Å²) in [5, 5.41) is 1.84. The summed E-state index contributed by atoms with van der Waals surface area (Å²) in [6.45, 7) is 11.6. The minimum absolute atomic E-state index is 0.0864. The molecule has 40 heavy (non-hydrogen) atoms. The third-order valence-electron chi connectivity index (χ3n) is 6.44. The van der Waals surface area contributed by atoms with E-state index in [2.05, 4.69) is 4.90 Å². The van der Waals surface area contributed by atoms with Crippen molar-refractivity contribution in [1.29, 1.82) is 0 Å². The largest absolute Gasteiger partial charge is 0.462 e. The molecular weight excluding hydrogens is 548 g/mol. The molecule has 216 valence electrons. The van der Waals surface area contributed by atoms with E-state index in [1.54, 1.807) is 29.2 Å². The van der Waals surface area contributed by atoms with Crippen molar-refractivity contribution in [3.05, 3.63) is 76.0 Å². The van der Waals surface area contributed by atoms with E-state index < -0.39 is 16.1 Å². The number of carbonyl (C=O) groups excluding carboxylic acids is 2. The van der Waals surface area contributed by atoms with Gasteiger partial charge < -0.3 is 18.7 Å². The number of hydrogen-bond acceptors (Lipinski definition) is 8.